The lowest BCUT2D eigenvalue weighted by Crippen LogP contribution is -2.35. The molecule has 0 heterocycles. The molecule has 0 aromatic rings. The van der Waals surface area contributed by atoms with Gasteiger partial charge in [0, 0.05) is 0 Å². The molecule has 7 heteroatoms. The Balaban J connectivity index is 4.23. The second-order valence-corrected chi connectivity index (χ2v) is 4.32. The first-order valence-corrected chi connectivity index (χ1v) is 3.44. The van der Waals surface area contributed by atoms with Crippen LogP contribution in [0.25, 0.3) is 0 Å². The molecule has 0 aliphatic carbocycles. The summed E-state index contributed by atoms with van der Waals surface area (Å²) in [5.74, 6) is 0. The van der Waals surface area contributed by atoms with E-state index in [2.05, 4.69) is 11.6 Å². The van der Waals surface area contributed by atoms with E-state index in [-0.39, 0.29) is 0 Å². The second kappa shape index (κ2) is 3.13. The molecule has 0 spiro atoms. The fourth-order valence-electron chi connectivity index (χ4n) is 0.186. The molecule has 0 radical (unpaired) electrons. The van der Waals surface area contributed by atoms with Crippen molar-refractivity contribution in [3.63, 3.8) is 0 Å². The van der Waals surface area contributed by atoms with Crippen LogP contribution < -0.4 is 0 Å². The molecule has 0 aliphatic heterocycles. The second-order valence-electron chi connectivity index (χ2n) is 1.45. The molecule has 0 bridgehead atoms. The Kier molecular flexibility index (Phi) is 3.43. The summed E-state index contributed by atoms with van der Waals surface area (Å²) < 4.78 is 32.9. The Morgan fingerprint density at radius 3 is 1.30 bits per heavy atom. The maximum Gasteiger partial charge on any atom is 0.356 e. The fraction of sp³-hybridized carbons (Fsp3) is 1.00. The van der Waals surface area contributed by atoms with Crippen LogP contribution in [0.15, 0.2) is 0 Å². The Hall–Kier alpha value is 0.950. The van der Waals surface area contributed by atoms with Crippen LogP contribution in [0.5, 0.6) is 0 Å². The molecule has 0 amide bonds. The normalized spacial score (nSPS) is 17.1. The van der Waals surface area contributed by atoms with E-state index < -0.39 is 15.3 Å². The van der Waals surface area contributed by atoms with Crippen molar-refractivity contribution in [2.75, 3.05) is 0 Å². The van der Waals surface area contributed by atoms with Crippen LogP contribution in [0.4, 0.5) is 13.2 Å². The summed E-state index contributed by atoms with van der Waals surface area (Å²) >= 11 is 18.5. The number of halogens is 7. The molecule has 0 rings (SSSR count). The number of rotatable bonds is 1. The van der Waals surface area contributed by atoms with Gasteiger partial charge < -0.3 is 0 Å². The van der Waals surface area contributed by atoms with Crippen LogP contribution in [0.3, 0.4) is 0 Å². The summed E-state index contributed by atoms with van der Waals surface area (Å²) in [4.78, 5) is 0. The van der Waals surface area contributed by atoms with Gasteiger partial charge in [0.15, 0.2) is 0 Å². The highest BCUT2D eigenvalue weighted by atomic mass is 35.6. The van der Waals surface area contributed by atoms with Crippen molar-refractivity contribution in [3.05, 3.63) is 0 Å². The molecule has 62 valence electrons. The van der Waals surface area contributed by atoms with Crippen LogP contribution in [0.2, 0.25) is 0 Å². The molecule has 0 saturated carbocycles. The molecule has 10 heavy (non-hydrogen) atoms. The van der Waals surface area contributed by atoms with Crippen LogP contribution in [0.1, 0.15) is 0 Å². The average Bonchev–Trinajstić information content (AvgIpc) is 1.59. The molecular weight excluding hydrogens is 235 g/mol. The smallest absolute Gasteiger partial charge is 0.235 e. The number of alkyl halides is 7. The molecule has 0 fully saturated rings. The number of hydrogen-bond donors (Lipinski definition) is 0. The molecule has 0 N–H and O–H groups in total. The zero-order chi connectivity index (χ0) is 8.58. The molecular formula is C3HCl4F3. The van der Waals surface area contributed by atoms with Gasteiger partial charge in [-0.15, -0.1) is 0 Å². The lowest BCUT2D eigenvalue weighted by Gasteiger charge is -2.19. The van der Waals surface area contributed by atoms with Crippen molar-refractivity contribution in [1.29, 1.82) is 0 Å². The van der Waals surface area contributed by atoms with E-state index in [0.29, 0.717) is 0 Å². The van der Waals surface area contributed by atoms with Gasteiger partial charge in [-0.1, -0.05) is 34.8 Å². The van der Waals surface area contributed by atoms with Crippen molar-refractivity contribution in [3.8, 4) is 0 Å². The molecule has 0 nitrogen and oxygen atoms in total. The first-order chi connectivity index (χ1) is 4.15. The maximum atomic E-state index is 12.1. The monoisotopic (exact) mass is 234 g/mol. The first-order valence-electron chi connectivity index (χ1n) is 1.93. The SMILES string of the molecule is FC(C(F)(F)Cl)C(Cl)(Cl)Cl. The third kappa shape index (κ3) is 3.37. The quantitative estimate of drug-likeness (QED) is 0.610. The van der Waals surface area contributed by atoms with Gasteiger partial charge in [-0.05, 0) is 11.6 Å². The topological polar surface area (TPSA) is 0 Å². The minimum Gasteiger partial charge on any atom is -0.235 e. The van der Waals surface area contributed by atoms with E-state index >= 15 is 0 Å². The van der Waals surface area contributed by atoms with E-state index in [4.69, 9.17) is 34.8 Å². The largest absolute Gasteiger partial charge is 0.356 e. The molecule has 0 aromatic heterocycles. The highest BCUT2D eigenvalue weighted by molar-refractivity contribution is 6.68. The van der Waals surface area contributed by atoms with Crippen LogP contribution >= 0.6 is 46.4 Å². The highest BCUT2D eigenvalue weighted by Gasteiger charge is 2.50. The van der Waals surface area contributed by atoms with Crippen molar-refractivity contribution in [1.82, 2.24) is 0 Å². The van der Waals surface area contributed by atoms with Crippen molar-refractivity contribution in [2.45, 2.75) is 15.3 Å². The third-order valence-electron chi connectivity index (χ3n) is 0.575. The van der Waals surface area contributed by atoms with Gasteiger partial charge in [0.25, 0.3) is 0 Å². The zero-order valence-electron chi connectivity index (χ0n) is 4.22. The first kappa shape index (κ1) is 11.0. The lowest BCUT2D eigenvalue weighted by molar-refractivity contribution is 0.00885. The summed E-state index contributed by atoms with van der Waals surface area (Å²) in [6.45, 7) is 0. The number of hydrogen-bond acceptors (Lipinski definition) is 0. The fourth-order valence-corrected chi connectivity index (χ4v) is 0.928. The summed E-state index contributed by atoms with van der Waals surface area (Å²) in [6.07, 6.45) is -3.01. The predicted molar refractivity (Wildman–Crippen MR) is 36.0 cm³/mol. The lowest BCUT2D eigenvalue weighted by atomic mass is 10.4. The maximum absolute atomic E-state index is 12.1. The van der Waals surface area contributed by atoms with E-state index in [0.717, 1.165) is 0 Å². The van der Waals surface area contributed by atoms with E-state index in [1.165, 1.54) is 0 Å². The van der Waals surface area contributed by atoms with Gasteiger partial charge >= 0.3 is 5.38 Å². The highest BCUT2D eigenvalue weighted by Crippen LogP contribution is 2.42. The van der Waals surface area contributed by atoms with Crippen molar-refractivity contribution >= 4 is 46.4 Å². The predicted octanol–water partition coefficient (Wildman–Crippen LogP) is 3.53. The molecule has 1 atom stereocenters. The minimum atomic E-state index is -4.15. The summed E-state index contributed by atoms with van der Waals surface area (Å²) in [5.41, 5.74) is 0. The van der Waals surface area contributed by atoms with Gasteiger partial charge in [0.2, 0.25) is 9.96 Å². The van der Waals surface area contributed by atoms with E-state index in [1.54, 1.807) is 0 Å². The van der Waals surface area contributed by atoms with Crippen LogP contribution in [0, 0.1) is 0 Å². The third-order valence-corrected chi connectivity index (χ3v) is 1.34. The van der Waals surface area contributed by atoms with Gasteiger partial charge in [0.05, 0.1) is 0 Å². The summed E-state index contributed by atoms with van der Waals surface area (Å²) in [7, 11) is 0. The van der Waals surface area contributed by atoms with E-state index in [1.807, 2.05) is 0 Å². The Morgan fingerprint density at radius 1 is 1.00 bits per heavy atom. The van der Waals surface area contributed by atoms with Crippen molar-refractivity contribution < 1.29 is 13.2 Å². The van der Waals surface area contributed by atoms with Gasteiger partial charge in [-0.2, -0.15) is 8.78 Å². The standard InChI is InChI=1S/C3HCl4F3/c4-2(5,6)1(8)3(7,9)10/h1H. The molecule has 0 aliphatic rings. The van der Waals surface area contributed by atoms with Crippen LogP contribution in [-0.2, 0) is 0 Å². The zero-order valence-corrected chi connectivity index (χ0v) is 7.25. The van der Waals surface area contributed by atoms with Gasteiger partial charge in [0.1, 0.15) is 0 Å². The Morgan fingerprint density at radius 2 is 1.30 bits per heavy atom. The Labute approximate surface area is 75.2 Å². The average molecular weight is 236 g/mol. The molecule has 1 unspecified atom stereocenters. The van der Waals surface area contributed by atoms with Crippen molar-refractivity contribution in [2.24, 2.45) is 0 Å². The Bertz CT molecular complexity index is 99.9. The summed E-state index contributed by atoms with van der Waals surface area (Å²) in [6, 6.07) is 0. The van der Waals surface area contributed by atoms with Crippen LogP contribution in [-0.4, -0.2) is 15.3 Å². The summed E-state index contributed by atoms with van der Waals surface area (Å²) in [5, 5.41) is -4.15. The molecule has 0 saturated heterocycles. The van der Waals surface area contributed by atoms with Gasteiger partial charge in [-0.3, -0.25) is 0 Å². The van der Waals surface area contributed by atoms with Gasteiger partial charge in [-0.25, -0.2) is 4.39 Å². The molecule has 0 aromatic carbocycles. The minimum absolute atomic E-state index is 2.69. The van der Waals surface area contributed by atoms with E-state index in [9.17, 15) is 13.2 Å².